The van der Waals surface area contributed by atoms with E-state index >= 15 is 0 Å². The summed E-state index contributed by atoms with van der Waals surface area (Å²) in [6.07, 6.45) is 8.71. The molecule has 0 radical (unpaired) electrons. The molecule has 0 saturated carbocycles. The smallest absolute Gasteiger partial charge is 0.234 e. The van der Waals surface area contributed by atoms with E-state index in [1.54, 1.807) is 6.20 Å². The molecule has 29 heavy (non-hydrogen) atoms. The normalized spacial score (nSPS) is 11.5. The van der Waals surface area contributed by atoms with Gasteiger partial charge in [0.05, 0.1) is 11.4 Å². The zero-order valence-corrected chi connectivity index (χ0v) is 17.5. The molecule has 0 aliphatic heterocycles. The number of nitrogens with one attached hydrogen (secondary N) is 1. The predicted octanol–water partition coefficient (Wildman–Crippen LogP) is 4.07. The molecule has 0 atom stereocenters. The lowest BCUT2D eigenvalue weighted by molar-refractivity contribution is 0.534. The van der Waals surface area contributed by atoms with Crippen LogP contribution in [0.25, 0.3) is 28.3 Å². The summed E-state index contributed by atoms with van der Waals surface area (Å²) in [5.74, 6) is 1.32. The van der Waals surface area contributed by atoms with E-state index in [-0.39, 0.29) is 6.04 Å². The van der Waals surface area contributed by atoms with E-state index in [0.717, 1.165) is 46.9 Å². The van der Waals surface area contributed by atoms with Crippen LogP contribution in [0.3, 0.4) is 0 Å². The first-order chi connectivity index (χ1) is 14.0. The van der Waals surface area contributed by atoms with Crippen LogP contribution < -0.4 is 5.32 Å². The number of aromatic nitrogens is 7. The van der Waals surface area contributed by atoms with Crippen molar-refractivity contribution in [2.24, 2.45) is 0 Å². The fourth-order valence-corrected chi connectivity index (χ4v) is 3.16. The molecular weight excluding hydrogens is 364 g/mol. The predicted molar refractivity (Wildman–Crippen MR) is 114 cm³/mol. The molecule has 0 aromatic carbocycles. The lowest BCUT2D eigenvalue weighted by Gasteiger charge is -2.06. The Bertz CT molecular complexity index is 1150. The number of rotatable bonds is 6. The van der Waals surface area contributed by atoms with Crippen molar-refractivity contribution in [1.29, 1.82) is 0 Å². The lowest BCUT2D eigenvalue weighted by Crippen LogP contribution is -2.04. The number of imidazole rings is 1. The molecule has 0 spiro atoms. The van der Waals surface area contributed by atoms with E-state index in [2.05, 4.69) is 41.0 Å². The fourth-order valence-electron chi connectivity index (χ4n) is 3.16. The van der Waals surface area contributed by atoms with Gasteiger partial charge >= 0.3 is 0 Å². The van der Waals surface area contributed by atoms with Crippen molar-refractivity contribution in [1.82, 2.24) is 34.1 Å². The van der Waals surface area contributed by atoms with Crippen LogP contribution in [0, 0.1) is 13.8 Å². The SMILES string of the molecule is CCCNc1nccc(-c2cn(C(C)C)nc2-c2cnc3nc(C)c(C)n3c2)n1. The molecule has 4 rings (SSSR count). The maximum Gasteiger partial charge on any atom is 0.234 e. The van der Waals surface area contributed by atoms with Gasteiger partial charge in [0, 0.05) is 54.2 Å². The van der Waals surface area contributed by atoms with Crippen molar-refractivity contribution in [3.63, 3.8) is 0 Å². The Labute approximate surface area is 170 Å². The van der Waals surface area contributed by atoms with Crippen molar-refractivity contribution in [2.45, 2.75) is 47.1 Å². The molecule has 0 unspecified atom stereocenters. The first-order valence-corrected chi connectivity index (χ1v) is 9.96. The van der Waals surface area contributed by atoms with Gasteiger partial charge in [-0.1, -0.05) is 6.92 Å². The molecule has 4 heterocycles. The summed E-state index contributed by atoms with van der Waals surface area (Å²) < 4.78 is 3.97. The Morgan fingerprint density at radius 3 is 2.69 bits per heavy atom. The molecule has 0 amide bonds. The van der Waals surface area contributed by atoms with Crippen LogP contribution in [0.4, 0.5) is 5.95 Å². The second-order valence-electron chi connectivity index (χ2n) is 7.45. The second kappa shape index (κ2) is 7.62. The van der Waals surface area contributed by atoms with Crippen molar-refractivity contribution in [3.05, 3.63) is 42.2 Å². The number of hydrogen-bond acceptors (Lipinski definition) is 6. The third-order valence-corrected chi connectivity index (χ3v) is 4.95. The van der Waals surface area contributed by atoms with Gasteiger partial charge < -0.3 is 5.32 Å². The molecule has 0 bridgehead atoms. The number of nitrogens with zero attached hydrogens (tertiary/aromatic N) is 7. The van der Waals surface area contributed by atoms with E-state index in [4.69, 9.17) is 10.1 Å². The minimum absolute atomic E-state index is 0.232. The van der Waals surface area contributed by atoms with Gasteiger partial charge in [-0.25, -0.2) is 19.9 Å². The molecule has 8 nitrogen and oxygen atoms in total. The van der Waals surface area contributed by atoms with E-state index < -0.39 is 0 Å². The molecular formula is C21H26N8. The van der Waals surface area contributed by atoms with Gasteiger partial charge in [-0.15, -0.1) is 0 Å². The number of fused-ring (bicyclic) bond motifs is 1. The molecule has 1 N–H and O–H groups in total. The largest absolute Gasteiger partial charge is 0.354 e. The van der Waals surface area contributed by atoms with Gasteiger partial charge in [0.25, 0.3) is 0 Å². The fraction of sp³-hybridized carbons (Fsp3) is 0.381. The van der Waals surface area contributed by atoms with Crippen molar-refractivity contribution in [2.75, 3.05) is 11.9 Å². The third-order valence-electron chi connectivity index (χ3n) is 4.95. The van der Waals surface area contributed by atoms with Gasteiger partial charge in [0.1, 0.15) is 5.69 Å². The molecule has 4 aromatic rings. The first kappa shape index (κ1) is 19.0. The molecule has 0 fully saturated rings. The van der Waals surface area contributed by atoms with Crippen LogP contribution in [0.1, 0.15) is 44.6 Å². The summed E-state index contributed by atoms with van der Waals surface area (Å²) in [6.45, 7) is 11.2. The monoisotopic (exact) mass is 390 g/mol. The maximum absolute atomic E-state index is 4.85. The number of aryl methyl sites for hydroxylation is 2. The molecule has 0 aliphatic rings. The Kier molecular flexibility index (Phi) is 5.00. The highest BCUT2D eigenvalue weighted by atomic mass is 15.3. The summed E-state index contributed by atoms with van der Waals surface area (Å²) in [5.41, 5.74) is 5.61. The summed E-state index contributed by atoms with van der Waals surface area (Å²) in [5, 5.41) is 8.11. The Morgan fingerprint density at radius 1 is 1.10 bits per heavy atom. The highest BCUT2D eigenvalue weighted by molar-refractivity contribution is 5.78. The minimum Gasteiger partial charge on any atom is -0.354 e. The molecule has 8 heteroatoms. The van der Waals surface area contributed by atoms with Crippen LogP contribution in [0.5, 0.6) is 0 Å². The van der Waals surface area contributed by atoms with Crippen LogP contribution in [-0.2, 0) is 0 Å². The summed E-state index contributed by atoms with van der Waals surface area (Å²) in [7, 11) is 0. The molecule has 0 saturated heterocycles. The Morgan fingerprint density at radius 2 is 1.93 bits per heavy atom. The lowest BCUT2D eigenvalue weighted by atomic mass is 10.1. The first-order valence-electron chi connectivity index (χ1n) is 9.96. The summed E-state index contributed by atoms with van der Waals surface area (Å²) >= 11 is 0. The van der Waals surface area contributed by atoms with Crippen LogP contribution in [0.15, 0.2) is 30.9 Å². The standard InChI is InChI=1S/C21H26N8/c1-6-8-22-20-23-9-7-18(26-20)17-12-29(13(2)3)27-19(17)16-10-24-21-25-14(4)15(5)28(21)11-16/h7,9-13H,6,8H2,1-5H3,(H,22,23,26). The maximum atomic E-state index is 4.85. The van der Waals surface area contributed by atoms with Crippen molar-refractivity contribution >= 4 is 11.7 Å². The number of hydrogen-bond donors (Lipinski definition) is 1. The van der Waals surface area contributed by atoms with E-state index in [0.29, 0.717) is 11.7 Å². The highest BCUT2D eigenvalue weighted by Crippen LogP contribution is 2.31. The van der Waals surface area contributed by atoms with Gasteiger partial charge in [0.2, 0.25) is 11.7 Å². The van der Waals surface area contributed by atoms with E-state index in [1.807, 2.05) is 47.6 Å². The van der Waals surface area contributed by atoms with Gasteiger partial charge in [-0.2, -0.15) is 5.10 Å². The Balaban J connectivity index is 1.85. The van der Waals surface area contributed by atoms with E-state index in [9.17, 15) is 0 Å². The zero-order chi connectivity index (χ0) is 20.5. The quantitative estimate of drug-likeness (QED) is 0.534. The van der Waals surface area contributed by atoms with Crippen LogP contribution in [0.2, 0.25) is 0 Å². The highest BCUT2D eigenvalue weighted by Gasteiger charge is 2.18. The number of anilines is 1. The minimum atomic E-state index is 0.232. The average molecular weight is 390 g/mol. The van der Waals surface area contributed by atoms with Crippen LogP contribution >= 0.6 is 0 Å². The van der Waals surface area contributed by atoms with Crippen molar-refractivity contribution < 1.29 is 0 Å². The van der Waals surface area contributed by atoms with Gasteiger partial charge in [-0.3, -0.25) is 9.08 Å². The van der Waals surface area contributed by atoms with E-state index in [1.165, 1.54) is 0 Å². The molecule has 4 aromatic heterocycles. The average Bonchev–Trinajstić information content (AvgIpc) is 3.29. The second-order valence-corrected chi connectivity index (χ2v) is 7.45. The summed E-state index contributed by atoms with van der Waals surface area (Å²) in [6, 6.07) is 2.15. The third kappa shape index (κ3) is 3.57. The topological polar surface area (TPSA) is 85.8 Å². The zero-order valence-electron chi connectivity index (χ0n) is 17.5. The molecule has 0 aliphatic carbocycles. The summed E-state index contributed by atoms with van der Waals surface area (Å²) in [4.78, 5) is 18.1. The van der Waals surface area contributed by atoms with Crippen LogP contribution in [-0.4, -0.2) is 40.7 Å². The van der Waals surface area contributed by atoms with Gasteiger partial charge in [0.15, 0.2) is 0 Å². The van der Waals surface area contributed by atoms with Crippen molar-refractivity contribution in [3.8, 4) is 22.5 Å². The van der Waals surface area contributed by atoms with Gasteiger partial charge in [-0.05, 0) is 40.2 Å². The Hall–Kier alpha value is -3.29. The molecule has 150 valence electrons.